The molecular weight excluding hydrogens is 683 g/mol. The number of phosphoric ester groups is 1. The van der Waals surface area contributed by atoms with E-state index in [1.54, 1.807) is 6.08 Å². The summed E-state index contributed by atoms with van der Waals surface area (Å²) in [5, 5.41) is 13.6. The van der Waals surface area contributed by atoms with Crippen molar-refractivity contribution in [1.29, 1.82) is 0 Å². The molecule has 0 spiro atoms. The van der Waals surface area contributed by atoms with Crippen molar-refractivity contribution in [3.05, 3.63) is 85.1 Å². The summed E-state index contributed by atoms with van der Waals surface area (Å²) >= 11 is 0. The number of nitrogens with two attached hydrogens (primary N) is 1. The van der Waals surface area contributed by atoms with E-state index in [4.69, 9.17) is 14.8 Å². The van der Waals surface area contributed by atoms with Gasteiger partial charge in [0.25, 0.3) is 0 Å². The molecule has 0 saturated carbocycles. The Bertz CT molecular complexity index is 1100. The average molecular weight is 761 g/mol. The van der Waals surface area contributed by atoms with E-state index in [-0.39, 0.29) is 32.1 Å². The van der Waals surface area contributed by atoms with Gasteiger partial charge in [0.05, 0.1) is 25.4 Å². The lowest BCUT2D eigenvalue weighted by Gasteiger charge is -2.23. The quantitative estimate of drug-likeness (QED) is 0.0282. The number of carbonyl (C=O) groups excluding carboxylic acids is 1. The molecule has 3 atom stereocenters. The van der Waals surface area contributed by atoms with Crippen LogP contribution in [0.5, 0.6) is 0 Å². The molecule has 0 aliphatic heterocycles. The molecule has 8 nitrogen and oxygen atoms in total. The topological polar surface area (TPSA) is 131 Å². The summed E-state index contributed by atoms with van der Waals surface area (Å²) in [6, 6.07) is -0.909. The number of rotatable bonds is 37. The van der Waals surface area contributed by atoms with Crippen LogP contribution in [0, 0.1) is 0 Å². The number of unbranched alkanes of at least 4 members (excludes halogenated alkanes) is 13. The van der Waals surface area contributed by atoms with Crippen LogP contribution in [0.1, 0.15) is 155 Å². The van der Waals surface area contributed by atoms with Gasteiger partial charge in [0.15, 0.2) is 0 Å². The molecule has 0 fully saturated rings. The number of aliphatic hydroxyl groups excluding tert-OH is 1. The Morgan fingerprint density at radius 3 is 1.68 bits per heavy atom. The maximum absolute atomic E-state index is 12.7. The number of hydrogen-bond donors (Lipinski definition) is 4. The Hall–Kier alpha value is -2.32. The molecular formula is C44H77N2O6P. The molecule has 0 saturated heterocycles. The zero-order valence-corrected chi connectivity index (χ0v) is 34.4. The fourth-order valence-corrected chi connectivity index (χ4v) is 6.09. The molecule has 5 N–H and O–H groups in total. The number of hydrogen-bond acceptors (Lipinski definition) is 6. The molecule has 0 aromatic heterocycles. The van der Waals surface area contributed by atoms with Gasteiger partial charge in [0.2, 0.25) is 5.91 Å². The second kappa shape index (κ2) is 39.4. The first-order valence-corrected chi connectivity index (χ1v) is 22.2. The van der Waals surface area contributed by atoms with E-state index in [0.29, 0.717) is 6.42 Å². The van der Waals surface area contributed by atoms with Crippen LogP contribution >= 0.6 is 7.82 Å². The maximum atomic E-state index is 12.7. The van der Waals surface area contributed by atoms with E-state index < -0.39 is 20.0 Å². The highest BCUT2D eigenvalue weighted by Crippen LogP contribution is 2.43. The van der Waals surface area contributed by atoms with Crippen molar-refractivity contribution in [2.24, 2.45) is 5.73 Å². The standard InChI is InChI=1S/C44H77N2O6P/c1-3-5-7-9-11-13-15-17-19-20-21-22-24-25-27-29-31-33-35-37-43(47)42(41-52-53(49,50)51-40-39-45)46-44(48)38-36-34-32-30-28-26-23-18-16-14-12-10-8-6-4-2/h6,8,12,14,18,21-23,27-30,35,37,42-43,47H,3-5,7,9-11,13,15-17,19-20,24-26,31-34,36,38-41,45H2,1-2H3,(H,46,48)(H,49,50)/b8-6-,14-12-,22-21+,23-18-,29-27+,30-28-,37-35+. The van der Waals surface area contributed by atoms with Crippen molar-refractivity contribution in [1.82, 2.24) is 5.32 Å². The second-order valence-electron chi connectivity index (χ2n) is 13.4. The van der Waals surface area contributed by atoms with Gasteiger partial charge >= 0.3 is 7.82 Å². The van der Waals surface area contributed by atoms with Gasteiger partial charge in [0.1, 0.15) is 0 Å². The fourth-order valence-electron chi connectivity index (χ4n) is 5.33. The van der Waals surface area contributed by atoms with Crippen LogP contribution in [0.15, 0.2) is 85.1 Å². The van der Waals surface area contributed by atoms with Crippen LogP contribution in [0.2, 0.25) is 0 Å². The molecule has 0 aromatic rings. The van der Waals surface area contributed by atoms with Gasteiger partial charge in [-0.05, 0) is 83.5 Å². The molecule has 1 amide bonds. The first-order valence-electron chi connectivity index (χ1n) is 20.7. The molecule has 0 radical (unpaired) electrons. The number of phosphoric acid groups is 1. The van der Waals surface area contributed by atoms with Crippen molar-refractivity contribution >= 4 is 13.7 Å². The van der Waals surface area contributed by atoms with Gasteiger partial charge in [-0.15, -0.1) is 0 Å². The highest BCUT2D eigenvalue weighted by atomic mass is 31.2. The van der Waals surface area contributed by atoms with E-state index in [1.807, 2.05) is 6.08 Å². The first-order chi connectivity index (χ1) is 25.9. The van der Waals surface area contributed by atoms with Crippen molar-refractivity contribution in [3.63, 3.8) is 0 Å². The third-order valence-corrected chi connectivity index (χ3v) is 9.42. The normalized spacial score (nSPS) is 15.0. The van der Waals surface area contributed by atoms with Gasteiger partial charge in [0, 0.05) is 13.0 Å². The van der Waals surface area contributed by atoms with Crippen molar-refractivity contribution in [3.8, 4) is 0 Å². The number of allylic oxidation sites excluding steroid dienone is 13. The Balaban J connectivity index is 4.43. The third-order valence-electron chi connectivity index (χ3n) is 8.43. The summed E-state index contributed by atoms with van der Waals surface area (Å²) in [5.74, 6) is -0.253. The second-order valence-corrected chi connectivity index (χ2v) is 14.9. The van der Waals surface area contributed by atoms with Gasteiger partial charge in [-0.2, -0.15) is 0 Å². The van der Waals surface area contributed by atoms with E-state index in [2.05, 4.69) is 92.1 Å². The molecule has 0 bridgehead atoms. The SMILES string of the molecule is CC/C=C\C/C=C\C/C=C\C/C=C\CCCCC(=O)NC(COP(=O)(O)OCCN)C(O)/C=C/CC/C=C/CC/C=C/CCCCCCCCCCC. The molecule has 53 heavy (non-hydrogen) atoms. The zero-order valence-electron chi connectivity index (χ0n) is 33.5. The Labute approximate surface area is 324 Å². The largest absolute Gasteiger partial charge is 0.472 e. The van der Waals surface area contributed by atoms with Crippen LogP contribution < -0.4 is 11.1 Å². The highest BCUT2D eigenvalue weighted by Gasteiger charge is 2.26. The lowest BCUT2D eigenvalue weighted by atomic mass is 10.1. The minimum atomic E-state index is -4.37. The lowest BCUT2D eigenvalue weighted by Crippen LogP contribution is -2.45. The minimum absolute atomic E-state index is 0.0604. The van der Waals surface area contributed by atoms with Crippen LogP contribution in [0.25, 0.3) is 0 Å². The summed E-state index contributed by atoms with van der Waals surface area (Å²) < 4.78 is 22.1. The molecule has 0 heterocycles. The molecule has 0 rings (SSSR count). The Morgan fingerprint density at radius 2 is 1.11 bits per heavy atom. The summed E-state index contributed by atoms with van der Waals surface area (Å²) in [6.45, 7) is 3.93. The zero-order chi connectivity index (χ0) is 38.9. The van der Waals surface area contributed by atoms with E-state index >= 15 is 0 Å². The molecule has 0 aliphatic rings. The number of carbonyl (C=O) groups is 1. The highest BCUT2D eigenvalue weighted by molar-refractivity contribution is 7.47. The van der Waals surface area contributed by atoms with E-state index in [1.165, 1.54) is 64.2 Å². The van der Waals surface area contributed by atoms with Crippen molar-refractivity contribution in [2.75, 3.05) is 19.8 Å². The summed E-state index contributed by atoms with van der Waals surface area (Å²) in [4.78, 5) is 22.6. The monoisotopic (exact) mass is 761 g/mol. The first kappa shape index (κ1) is 50.7. The summed E-state index contributed by atoms with van der Waals surface area (Å²) in [5.41, 5.74) is 5.36. The minimum Gasteiger partial charge on any atom is -0.387 e. The van der Waals surface area contributed by atoms with Crippen molar-refractivity contribution in [2.45, 2.75) is 167 Å². The van der Waals surface area contributed by atoms with E-state index in [9.17, 15) is 19.4 Å². The summed E-state index contributed by atoms with van der Waals surface area (Å²) in [6.07, 6.45) is 52.1. The molecule has 3 unspecified atom stereocenters. The third kappa shape index (κ3) is 37.8. The average Bonchev–Trinajstić information content (AvgIpc) is 3.14. The molecule has 0 aromatic carbocycles. The number of amides is 1. The van der Waals surface area contributed by atoms with Crippen molar-refractivity contribution < 1.29 is 28.4 Å². The summed E-state index contributed by atoms with van der Waals surface area (Å²) in [7, 11) is -4.37. The van der Waals surface area contributed by atoms with Crippen LogP contribution in [0.3, 0.4) is 0 Å². The van der Waals surface area contributed by atoms with Crippen LogP contribution in [0.4, 0.5) is 0 Å². The Kier molecular flexibility index (Phi) is 37.7. The molecule has 0 aliphatic carbocycles. The van der Waals surface area contributed by atoms with E-state index in [0.717, 1.165) is 64.2 Å². The predicted molar refractivity (Wildman–Crippen MR) is 226 cm³/mol. The number of nitrogens with one attached hydrogen (secondary N) is 1. The fraction of sp³-hybridized carbons (Fsp3) is 0.659. The van der Waals surface area contributed by atoms with Crippen LogP contribution in [-0.2, 0) is 18.4 Å². The van der Waals surface area contributed by atoms with Gasteiger partial charge < -0.3 is 21.1 Å². The number of aliphatic hydroxyl groups is 1. The Morgan fingerprint density at radius 1 is 0.642 bits per heavy atom. The van der Waals surface area contributed by atoms with Crippen LogP contribution in [-0.4, -0.2) is 47.8 Å². The predicted octanol–water partition coefficient (Wildman–Crippen LogP) is 11.4. The van der Waals surface area contributed by atoms with Gasteiger partial charge in [-0.3, -0.25) is 13.8 Å². The van der Waals surface area contributed by atoms with Gasteiger partial charge in [-0.25, -0.2) is 4.57 Å². The maximum Gasteiger partial charge on any atom is 0.472 e. The lowest BCUT2D eigenvalue weighted by molar-refractivity contribution is -0.123. The smallest absolute Gasteiger partial charge is 0.387 e. The van der Waals surface area contributed by atoms with Gasteiger partial charge in [-0.1, -0.05) is 150 Å². The molecule has 9 heteroatoms. The molecule has 304 valence electrons.